The van der Waals surface area contributed by atoms with Crippen molar-refractivity contribution in [1.82, 2.24) is 15.1 Å². The lowest BCUT2D eigenvalue weighted by molar-refractivity contribution is 0.0235. The van der Waals surface area contributed by atoms with E-state index in [-0.39, 0.29) is 28.6 Å². The maximum Gasteiger partial charge on any atom is 0.253 e. The van der Waals surface area contributed by atoms with E-state index in [0.29, 0.717) is 12.8 Å². The summed E-state index contributed by atoms with van der Waals surface area (Å²) in [5, 5.41) is 16.8. The maximum atomic E-state index is 13.4. The predicted octanol–water partition coefficient (Wildman–Crippen LogP) is 2.45. The standard InChI is InChI=1S/C16H17ClFN3O2/c1-21-8-10(7-19-21)15(9-4-12(22)5-9)20-16(23)13-6-11(18)2-3-14(13)17/h2-3,6-9,12,15,22H,4-5H2,1H3,(H,20,23)/t9?,12?,15-/m1/s1. The molecule has 1 fully saturated rings. The minimum absolute atomic E-state index is 0.0976. The molecule has 1 aromatic carbocycles. The molecule has 1 amide bonds. The van der Waals surface area contributed by atoms with Crippen molar-refractivity contribution in [1.29, 1.82) is 0 Å². The van der Waals surface area contributed by atoms with Gasteiger partial charge in [0.25, 0.3) is 5.91 Å². The number of nitrogens with zero attached hydrogens (tertiary/aromatic N) is 2. The van der Waals surface area contributed by atoms with Gasteiger partial charge in [0.05, 0.1) is 28.9 Å². The first-order chi connectivity index (χ1) is 10.9. The van der Waals surface area contributed by atoms with Gasteiger partial charge in [-0.25, -0.2) is 4.39 Å². The molecule has 1 aliphatic rings. The number of aliphatic hydroxyl groups is 1. The molecule has 1 atom stereocenters. The van der Waals surface area contributed by atoms with Gasteiger partial charge in [0.1, 0.15) is 5.82 Å². The maximum absolute atomic E-state index is 13.4. The van der Waals surface area contributed by atoms with Gasteiger partial charge in [-0.15, -0.1) is 0 Å². The number of nitrogens with one attached hydrogen (secondary N) is 1. The van der Waals surface area contributed by atoms with E-state index in [9.17, 15) is 14.3 Å². The molecule has 2 N–H and O–H groups in total. The summed E-state index contributed by atoms with van der Waals surface area (Å²) < 4.78 is 15.0. The number of hydrogen-bond acceptors (Lipinski definition) is 3. The van der Waals surface area contributed by atoms with Crippen LogP contribution >= 0.6 is 11.6 Å². The zero-order valence-corrected chi connectivity index (χ0v) is 13.3. The summed E-state index contributed by atoms with van der Waals surface area (Å²) in [7, 11) is 1.79. The number of rotatable bonds is 4. The second-order valence-corrected chi connectivity index (χ2v) is 6.32. The summed E-state index contributed by atoms with van der Waals surface area (Å²) >= 11 is 5.99. The van der Waals surface area contributed by atoms with Gasteiger partial charge in [0.2, 0.25) is 0 Å². The second kappa shape index (κ2) is 6.29. The number of aliphatic hydroxyl groups excluding tert-OH is 1. The minimum atomic E-state index is -0.517. The highest BCUT2D eigenvalue weighted by atomic mass is 35.5. The van der Waals surface area contributed by atoms with Gasteiger partial charge < -0.3 is 10.4 Å². The smallest absolute Gasteiger partial charge is 0.253 e. The van der Waals surface area contributed by atoms with Crippen LogP contribution in [-0.4, -0.2) is 26.9 Å². The second-order valence-electron chi connectivity index (χ2n) is 5.91. The van der Waals surface area contributed by atoms with Crippen molar-refractivity contribution in [3.8, 4) is 0 Å². The molecule has 1 aliphatic carbocycles. The molecule has 0 bridgehead atoms. The van der Waals surface area contributed by atoms with Gasteiger partial charge in [0.15, 0.2) is 0 Å². The van der Waals surface area contributed by atoms with Crippen molar-refractivity contribution in [2.24, 2.45) is 13.0 Å². The molecule has 1 heterocycles. The summed E-state index contributed by atoms with van der Waals surface area (Å²) in [6.45, 7) is 0. The van der Waals surface area contributed by atoms with E-state index in [1.165, 1.54) is 12.1 Å². The van der Waals surface area contributed by atoms with Crippen molar-refractivity contribution in [2.45, 2.75) is 25.0 Å². The van der Waals surface area contributed by atoms with Crippen LogP contribution in [0.5, 0.6) is 0 Å². The fourth-order valence-electron chi connectivity index (χ4n) is 2.87. The molecule has 23 heavy (non-hydrogen) atoms. The monoisotopic (exact) mass is 337 g/mol. The van der Waals surface area contributed by atoms with Gasteiger partial charge in [-0.3, -0.25) is 9.48 Å². The fraction of sp³-hybridized carbons (Fsp3) is 0.375. The van der Waals surface area contributed by atoms with Crippen LogP contribution in [0.3, 0.4) is 0 Å². The Hall–Kier alpha value is -1.92. The largest absolute Gasteiger partial charge is 0.393 e. The van der Waals surface area contributed by atoms with Gasteiger partial charge in [-0.2, -0.15) is 5.10 Å². The zero-order chi connectivity index (χ0) is 16.6. The molecule has 7 heteroatoms. The van der Waals surface area contributed by atoms with Crippen LogP contribution in [0.1, 0.15) is 34.8 Å². The van der Waals surface area contributed by atoms with Gasteiger partial charge >= 0.3 is 0 Å². The van der Waals surface area contributed by atoms with E-state index < -0.39 is 11.7 Å². The normalized spacial score (nSPS) is 21.6. The fourth-order valence-corrected chi connectivity index (χ4v) is 3.07. The van der Waals surface area contributed by atoms with Crippen LogP contribution in [0.4, 0.5) is 4.39 Å². The summed E-state index contributed by atoms with van der Waals surface area (Å²) in [4.78, 5) is 12.5. The SMILES string of the molecule is Cn1cc([C@H](NC(=O)c2cc(F)ccc2Cl)C2CC(O)C2)cn1. The first-order valence-electron chi connectivity index (χ1n) is 7.36. The quantitative estimate of drug-likeness (QED) is 0.900. The number of carbonyl (C=O) groups is 1. The summed E-state index contributed by atoms with van der Waals surface area (Å²) in [6.07, 6.45) is 4.38. The highest BCUT2D eigenvalue weighted by Crippen LogP contribution is 2.38. The summed E-state index contributed by atoms with van der Waals surface area (Å²) in [5.74, 6) is -0.841. The third-order valence-electron chi connectivity index (χ3n) is 4.16. The molecule has 0 aliphatic heterocycles. The van der Waals surface area contributed by atoms with E-state index in [4.69, 9.17) is 11.6 Å². The van der Waals surface area contributed by atoms with Crippen molar-refractivity contribution in [2.75, 3.05) is 0 Å². The molecule has 5 nitrogen and oxygen atoms in total. The molecule has 122 valence electrons. The minimum Gasteiger partial charge on any atom is -0.393 e. The van der Waals surface area contributed by atoms with Crippen molar-refractivity contribution < 1.29 is 14.3 Å². The Kier molecular flexibility index (Phi) is 4.37. The van der Waals surface area contributed by atoms with Crippen LogP contribution in [-0.2, 0) is 7.05 Å². The molecule has 1 aromatic heterocycles. The van der Waals surface area contributed by atoms with Crippen LogP contribution in [0.15, 0.2) is 30.6 Å². The highest BCUT2D eigenvalue weighted by molar-refractivity contribution is 6.33. The molecule has 0 unspecified atom stereocenters. The Morgan fingerprint density at radius 2 is 2.26 bits per heavy atom. The number of benzene rings is 1. The number of amides is 1. The average molecular weight is 338 g/mol. The first-order valence-corrected chi connectivity index (χ1v) is 7.74. The van der Waals surface area contributed by atoms with Crippen molar-refractivity contribution in [3.05, 3.63) is 52.6 Å². The Labute approximate surface area is 138 Å². The van der Waals surface area contributed by atoms with Crippen LogP contribution < -0.4 is 5.32 Å². The number of halogens is 2. The third kappa shape index (κ3) is 3.38. The third-order valence-corrected chi connectivity index (χ3v) is 4.49. The Bertz CT molecular complexity index is 728. The molecular weight excluding hydrogens is 321 g/mol. The molecule has 0 spiro atoms. The van der Waals surface area contributed by atoms with Crippen LogP contribution in [0.25, 0.3) is 0 Å². The lowest BCUT2D eigenvalue weighted by atomic mass is 9.75. The van der Waals surface area contributed by atoms with E-state index >= 15 is 0 Å². The zero-order valence-electron chi connectivity index (χ0n) is 12.5. The number of aromatic nitrogens is 2. The van der Waals surface area contributed by atoms with Gasteiger partial charge in [-0.1, -0.05) is 11.6 Å². The van der Waals surface area contributed by atoms with E-state index in [2.05, 4.69) is 10.4 Å². The lowest BCUT2D eigenvalue weighted by Gasteiger charge is -2.37. The van der Waals surface area contributed by atoms with Crippen LogP contribution in [0.2, 0.25) is 5.02 Å². The van der Waals surface area contributed by atoms with Gasteiger partial charge in [-0.05, 0) is 37.0 Å². The van der Waals surface area contributed by atoms with E-state index in [1.54, 1.807) is 17.9 Å². The van der Waals surface area contributed by atoms with E-state index in [1.807, 2.05) is 6.20 Å². The number of aryl methyl sites for hydroxylation is 1. The molecule has 0 saturated heterocycles. The molecule has 1 saturated carbocycles. The lowest BCUT2D eigenvalue weighted by Crippen LogP contribution is -2.41. The molecular formula is C16H17ClFN3O2. The van der Waals surface area contributed by atoms with Crippen LogP contribution in [0, 0.1) is 11.7 Å². The van der Waals surface area contributed by atoms with Crippen molar-refractivity contribution >= 4 is 17.5 Å². The molecule has 3 rings (SSSR count). The summed E-state index contributed by atoms with van der Waals surface area (Å²) in [5.41, 5.74) is 0.950. The Morgan fingerprint density at radius 1 is 1.52 bits per heavy atom. The topological polar surface area (TPSA) is 67.2 Å². The number of carbonyl (C=O) groups excluding carboxylic acids is 1. The molecule has 0 radical (unpaired) electrons. The Morgan fingerprint density at radius 3 is 2.87 bits per heavy atom. The highest BCUT2D eigenvalue weighted by Gasteiger charge is 2.36. The molecule has 2 aromatic rings. The predicted molar refractivity (Wildman–Crippen MR) is 83.6 cm³/mol. The Balaban J connectivity index is 1.83. The van der Waals surface area contributed by atoms with Gasteiger partial charge in [0, 0.05) is 18.8 Å². The average Bonchev–Trinajstić information content (AvgIpc) is 2.90. The number of hydrogen-bond donors (Lipinski definition) is 2. The van der Waals surface area contributed by atoms with Crippen molar-refractivity contribution in [3.63, 3.8) is 0 Å². The summed E-state index contributed by atoms with van der Waals surface area (Å²) in [6, 6.07) is 3.39. The first kappa shape index (κ1) is 16.0. The van der Waals surface area contributed by atoms with E-state index in [0.717, 1.165) is 11.6 Å².